The van der Waals surface area contributed by atoms with E-state index in [2.05, 4.69) is 143 Å². The molecule has 38 heavy (non-hydrogen) atoms. The van der Waals surface area contributed by atoms with Crippen LogP contribution in [0.4, 0.5) is 11.4 Å². The van der Waals surface area contributed by atoms with Crippen LogP contribution in [0.25, 0.3) is 39.0 Å². The van der Waals surface area contributed by atoms with Gasteiger partial charge in [0, 0.05) is 16.8 Å². The highest BCUT2D eigenvalue weighted by molar-refractivity contribution is 6.92. The predicted octanol–water partition coefficient (Wildman–Crippen LogP) is 7.30. The van der Waals surface area contributed by atoms with Crippen molar-refractivity contribution in [3.05, 3.63) is 140 Å². The molecule has 5 aromatic carbocycles. The maximum absolute atomic E-state index is 6.78. The van der Waals surface area contributed by atoms with Gasteiger partial charge in [-0.2, -0.15) is 0 Å². The maximum atomic E-state index is 6.78. The summed E-state index contributed by atoms with van der Waals surface area (Å²) in [7, 11) is 0. The number of nitrogens with zero attached hydrogens (tertiary/aromatic N) is 2. The lowest BCUT2D eigenvalue weighted by Crippen LogP contribution is -2.57. The van der Waals surface area contributed by atoms with Gasteiger partial charge in [0.2, 0.25) is 0 Å². The minimum atomic E-state index is -0.0445. The molecular weight excluding hydrogens is 463 g/mol. The third-order valence-electron chi connectivity index (χ3n) is 7.63. The number of fused-ring (bicyclic) bond motifs is 7. The summed E-state index contributed by atoms with van der Waals surface area (Å²) in [5.74, 6) is 0.900. The van der Waals surface area contributed by atoms with Gasteiger partial charge in [-0.1, -0.05) is 103 Å². The van der Waals surface area contributed by atoms with Gasteiger partial charge in [0.25, 0.3) is 0 Å². The monoisotopic (exact) mass is 486 g/mol. The summed E-state index contributed by atoms with van der Waals surface area (Å²) in [5.41, 5.74) is 9.04. The minimum Gasteiger partial charge on any atom is -0.452 e. The molecule has 0 bridgehead atoms. The van der Waals surface area contributed by atoms with E-state index >= 15 is 0 Å². The van der Waals surface area contributed by atoms with E-state index in [4.69, 9.17) is 4.42 Å². The van der Waals surface area contributed by atoms with Gasteiger partial charge in [-0.25, -0.2) is 0 Å². The normalized spacial score (nSPS) is 12.6. The Bertz CT molecular complexity index is 1920. The van der Waals surface area contributed by atoms with Crippen molar-refractivity contribution >= 4 is 51.0 Å². The number of furan rings is 1. The molecule has 3 nitrogen and oxygen atoms in total. The van der Waals surface area contributed by atoms with Gasteiger partial charge in [-0.3, -0.25) is 0 Å². The first-order valence-electron chi connectivity index (χ1n) is 13.0. The molecule has 8 rings (SSSR count). The standard InChI is InChI=1S/C34H23BN2O/c1-4-14-24(15-5-1)35-31-27-20-10-12-22-29(27)36(25-16-6-2-7-17-25)33(31)34-32(28-21-11-13-23-30(28)38-34)37(35)26-18-8-3-9-19-26/h1-23H. The first-order chi connectivity index (χ1) is 18.9. The first kappa shape index (κ1) is 21.2. The zero-order chi connectivity index (χ0) is 25.1. The van der Waals surface area contributed by atoms with Crippen LogP contribution in [0, 0.1) is 0 Å². The van der Waals surface area contributed by atoms with E-state index in [9.17, 15) is 0 Å². The molecule has 0 spiro atoms. The van der Waals surface area contributed by atoms with Crippen LogP contribution in [-0.2, 0) is 0 Å². The van der Waals surface area contributed by atoms with Crippen LogP contribution < -0.4 is 15.7 Å². The second-order valence-electron chi connectivity index (χ2n) is 9.75. The van der Waals surface area contributed by atoms with Gasteiger partial charge >= 0.3 is 6.85 Å². The molecule has 0 saturated carbocycles. The van der Waals surface area contributed by atoms with Crippen LogP contribution >= 0.6 is 0 Å². The molecule has 0 atom stereocenters. The molecule has 1 aliphatic heterocycles. The van der Waals surface area contributed by atoms with Crippen LogP contribution in [0.3, 0.4) is 0 Å². The molecule has 7 aromatic rings. The highest BCUT2D eigenvalue weighted by Gasteiger charge is 2.44. The SMILES string of the molecule is c1ccc(B2c3c(n(-c4ccccc4)c4ccccc34)-c3oc4ccccc4c3N2c2ccccc2)cc1. The first-order valence-corrected chi connectivity index (χ1v) is 13.0. The molecule has 0 radical (unpaired) electrons. The Labute approximate surface area is 221 Å². The molecule has 0 N–H and O–H groups in total. The second kappa shape index (κ2) is 8.29. The molecule has 0 aliphatic carbocycles. The summed E-state index contributed by atoms with van der Waals surface area (Å²) in [6.45, 7) is -0.0445. The zero-order valence-corrected chi connectivity index (χ0v) is 20.7. The van der Waals surface area contributed by atoms with Crippen LogP contribution in [0.2, 0.25) is 0 Å². The van der Waals surface area contributed by atoms with Crippen molar-refractivity contribution in [1.29, 1.82) is 0 Å². The third kappa shape index (κ3) is 2.98. The summed E-state index contributed by atoms with van der Waals surface area (Å²) in [5, 5.41) is 2.34. The molecule has 1 aliphatic rings. The number of hydrogen-bond acceptors (Lipinski definition) is 2. The number of aromatic nitrogens is 1. The Morgan fingerprint density at radius 3 is 1.84 bits per heavy atom. The highest BCUT2D eigenvalue weighted by atomic mass is 16.3. The molecule has 0 amide bonds. The van der Waals surface area contributed by atoms with Gasteiger partial charge in [-0.05, 0) is 53.3 Å². The van der Waals surface area contributed by atoms with Crippen LogP contribution in [0.1, 0.15) is 0 Å². The van der Waals surface area contributed by atoms with Crippen molar-refractivity contribution < 1.29 is 4.42 Å². The Morgan fingerprint density at radius 2 is 1.11 bits per heavy atom. The summed E-state index contributed by atoms with van der Waals surface area (Å²) >= 11 is 0. The van der Waals surface area contributed by atoms with Crippen molar-refractivity contribution in [3.63, 3.8) is 0 Å². The summed E-state index contributed by atoms with van der Waals surface area (Å²) in [6, 6.07) is 49.3. The molecule has 0 unspecified atom stereocenters. The fraction of sp³-hybridized carbons (Fsp3) is 0. The summed E-state index contributed by atoms with van der Waals surface area (Å²) in [6.07, 6.45) is 0. The van der Waals surface area contributed by atoms with E-state index in [0.717, 1.165) is 39.5 Å². The zero-order valence-electron chi connectivity index (χ0n) is 20.7. The fourth-order valence-corrected chi connectivity index (χ4v) is 6.12. The van der Waals surface area contributed by atoms with Gasteiger partial charge in [0.05, 0.1) is 16.9 Å². The Kier molecular flexibility index (Phi) is 4.62. The molecule has 2 aromatic heterocycles. The van der Waals surface area contributed by atoms with E-state index in [0.29, 0.717) is 0 Å². The molecular formula is C34H23BN2O. The van der Waals surface area contributed by atoms with Crippen LogP contribution in [0.15, 0.2) is 144 Å². The third-order valence-corrected chi connectivity index (χ3v) is 7.63. The van der Waals surface area contributed by atoms with Gasteiger partial charge in [0.1, 0.15) is 5.58 Å². The van der Waals surface area contributed by atoms with Crippen molar-refractivity contribution in [1.82, 2.24) is 4.57 Å². The van der Waals surface area contributed by atoms with E-state index in [1.54, 1.807) is 0 Å². The highest BCUT2D eigenvalue weighted by Crippen LogP contribution is 2.48. The Hall–Kier alpha value is -4.96. The van der Waals surface area contributed by atoms with E-state index in [1.807, 2.05) is 6.07 Å². The topological polar surface area (TPSA) is 21.3 Å². The number of hydrogen-bond donors (Lipinski definition) is 0. The summed E-state index contributed by atoms with van der Waals surface area (Å²) < 4.78 is 9.16. The molecule has 3 heterocycles. The van der Waals surface area contributed by atoms with Gasteiger partial charge in [-0.15, -0.1) is 0 Å². The second-order valence-corrected chi connectivity index (χ2v) is 9.75. The lowest BCUT2D eigenvalue weighted by Gasteiger charge is -2.36. The molecule has 0 saturated heterocycles. The van der Waals surface area contributed by atoms with Crippen molar-refractivity contribution in [2.75, 3.05) is 4.81 Å². The average molecular weight is 486 g/mol. The summed E-state index contributed by atoms with van der Waals surface area (Å²) in [4.78, 5) is 2.47. The molecule has 0 fully saturated rings. The van der Waals surface area contributed by atoms with E-state index in [-0.39, 0.29) is 6.85 Å². The van der Waals surface area contributed by atoms with Crippen molar-refractivity contribution in [2.24, 2.45) is 0 Å². The maximum Gasteiger partial charge on any atom is 0.331 e. The Morgan fingerprint density at radius 1 is 0.526 bits per heavy atom. The number of benzene rings is 5. The fourth-order valence-electron chi connectivity index (χ4n) is 6.12. The quantitative estimate of drug-likeness (QED) is 0.245. The van der Waals surface area contributed by atoms with Crippen molar-refractivity contribution in [3.8, 4) is 17.1 Å². The number of rotatable bonds is 3. The molecule has 4 heteroatoms. The lowest BCUT2D eigenvalue weighted by atomic mass is 9.46. The number of para-hydroxylation sites is 4. The predicted molar refractivity (Wildman–Crippen MR) is 159 cm³/mol. The molecule has 178 valence electrons. The van der Waals surface area contributed by atoms with Gasteiger partial charge < -0.3 is 13.8 Å². The lowest BCUT2D eigenvalue weighted by molar-refractivity contribution is 0.627. The van der Waals surface area contributed by atoms with Crippen LogP contribution in [-0.4, -0.2) is 11.4 Å². The van der Waals surface area contributed by atoms with E-state index < -0.39 is 0 Å². The van der Waals surface area contributed by atoms with Gasteiger partial charge in [0.15, 0.2) is 5.76 Å². The largest absolute Gasteiger partial charge is 0.452 e. The number of anilines is 2. The Balaban J connectivity index is 1.59. The van der Waals surface area contributed by atoms with Crippen molar-refractivity contribution in [2.45, 2.75) is 0 Å². The minimum absolute atomic E-state index is 0.0445. The van der Waals surface area contributed by atoms with E-state index in [1.165, 1.54) is 21.8 Å². The average Bonchev–Trinajstić information content (AvgIpc) is 3.54. The smallest absolute Gasteiger partial charge is 0.331 e. The van der Waals surface area contributed by atoms with Crippen LogP contribution in [0.5, 0.6) is 0 Å².